The van der Waals surface area contributed by atoms with E-state index in [1.165, 1.54) is 29.6 Å². The molecule has 0 fully saturated rings. The smallest absolute Gasteiger partial charge is 0.345 e. The van der Waals surface area contributed by atoms with Gasteiger partial charge in [-0.15, -0.1) is 0 Å². The van der Waals surface area contributed by atoms with Crippen LogP contribution in [0.25, 0.3) is 5.69 Å². The van der Waals surface area contributed by atoms with Gasteiger partial charge in [0.15, 0.2) is 5.69 Å². The monoisotopic (exact) mass is 428 g/mol. The molecule has 0 saturated carbocycles. The lowest BCUT2D eigenvalue weighted by Gasteiger charge is -2.13. The summed E-state index contributed by atoms with van der Waals surface area (Å²) in [4.78, 5) is 23.3. The van der Waals surface area contributed by atoms with Crippen LogP contribution >= 0.6 is 11.6 Å². The summed E-state index contributed by atoms with van der Waals surface area (Å²) < 4.78 is 76.8. The molecule has 28 heavy (non-hydrogen) atoms. The molecular formula is C15H11ClF6N4O2. The number of alkyl halides is 6. The number of hydrogen-bond acceptors (Lipinski definition) is 3. The van der Waals surface area contributed by atoms with Crippen molar-refractivity contribution in [1.82, 2.24) is 20.4 Å². The Morgan fingerprint density at radius 2 is 1.64 bits per heavy atom. The van der Waals surface area contributed by atoms with Gasteiger partial charge in [0, 0.05) is 5.02 Å². The van der Waals surface area contributed by atoms with Crippen molar-refractivity contribution in [1.29, 1.82) is 0 Å². The van der Waals surface area contributed by atoms with Crippen LogP contribution in [-0.2, 0) is 11.0 Å². The standard InChI is InChI=1S/C15H11ClF6N4O2/c16-8-1-3-9(4-2-8)26-12(15(20,21)22)10(5-25-26)13(28)23-6-11(27)24-7-14(17,18)19/h1-5H,6-7H2,(H,23,28)(H,24,27). The lowest BCUT2D eigenvalue weighted by Crippen LogP contribution is -2.41. The second-order valence-corrected chi connectivity index (χ2v) is 5.80. The first-order valence-electron chi connectivity index (χ1n) is 7.41. The quantitative estimate of drug-likeness (QED) is 0.719. The number of halogens is 7. The molecule has 1 aromatic heterocycles. The Labute approximate surface area is 158 Å². The Hall–Kier alpha value is -2.76. The van der Waals surface area contributed by atoms with Gasteiger partial charge in [0.1, 0.15) is 6.54 Å². The van der Waals surface area contributed by atoms with Gasteiger partial charge >= 0.3 is 12.4 Å². The van der Waals surface area contributed by atoms with Gasteiger partial charge in [-0.3, -0.25) is 9.59 Å². The molecule has 0 saturated heterocycles. The summed E-state index contributed by atoms with van der Waals surface area (Å²) >= 11 is 5.68. The van der Waals surface area contributed by atoms with Crippen LogP contribution in [0.5, 0.6) is 0 Å². The van der Waals surface area contributed by atoms with E-state index < -0.39 is 48.5 Å². The zero-order valence-electron chi connectivity index (χ0n) is 13.7. The van der Waals surface area contributed by atoms with Gasteiger partial charge in [-0.25, -0.2) is 4.68 Å². The fourth-order valence-corrected chi connectivity index (χ4v) is 2.21. The first kappa shape index (κ1) is 21.5. The predicted octanol–water partition coefficient (Wildman–Crippen LogP) is 2.95. The average molecular weight is 429 g/mol. The summed E-state index contributed by atoms with van der Waals surface area (Å²) in [6, 6.07) is 5.14. The molecule has 2 N–H and O–H groups in total. The number of carbonyl (C=O) groups excluding carboxylic acids is 2. The SMILES string of the molecule is O=C(CNC(=O)c1cnn(-c2ccc(Cl)cc2)c1C(F)(F)F)NCC(F)(F)F. The average Bonchev–Trinajstić information content (AvgIpc) is 3.03. The lowest BCUT2D eigenvalue weighted by atomic mass is 10.2. The molecule has 2 rings (SSSR count). The number of carbonyl (C=O) groups is 2. The molecular weight excluding hydrogens is 418 g/mol. The van der Waals surface area contributed by atoms with Crippen molar-refractivity contribution in [2.75, 3.05) is 13.1 Å². The van der Waals surface area contributed by atoms with Gasteiger partial charge in [0.2, 0.25) is 5.91 Å². The van der Waals surface area contributed by atoms with Gasteiger partial charge in [0.25, 0.3) is 5.91 Å². The second kappa shape index (κ2) is 8.09. The van der Waals surface area contributed by atoms with E-state index in [1.807, 2.05) is 5.32 Å². The Balaban J connectivity index is 2.20. The van der Waals surface area contributed by atoms with E-state index in [0.29, 0.717) is 10.9 Å². The van der Waals surface area contributed by atoms with E-state index in [2.05, 4.69) is 5.10 Å². The van der Waals surface area contributed by atoms with Crippen LogP contribution in [0.3, 0.4) is 0 Å². The Morgan fingerprint density at radius 1 is 1.04 bits per heavy atom. The summed E-state index contributed by atoms with van der Waals surface area (Å²) in [6.45, 7) is -2.58. The third kappa shape index (κ3) is 5.62. The molecule has 0 unspecified atom stereocenters. The summed E-state index contributed by atoms with van der Waals surface area (Å²) in [5.74, 6) is -2.54. The van der Waals surface area contributed by atoms with Gasteiger partial charge in [0.05, 0.1) is 24.0 Å². The van der Waals surface area contributed by atoms with E-state index in [9.17, 15) is 35.9 Å². The van der Waals surface area contributed by atoms with Gasteiger partial charge in [-0.1, -0.05) is 11.6 Å². The molecule has 13 heteroatoms. The van der Waals surface area contributed by atoms with E-state index >= 15 is 0 Å². The number of benzene rings is 1. The molecule has 0 spiro atoms. The maximum Gasteiger partial charge on any atom is 0.434 e. The molecule has 2 aromatic rings. The van der Waals surface area contributed by atoms with Crippen LogP contribution in [0.15, 0.2) is 30.5 Å². The molecule has 6 nitrogen and oxygen atoms in total. The van der Waals surface area contributed by atoms with E-state index in [0.717, 1.165) is 0 Å². The Kier molecular flexibility index (Phi) is 6.22. The minimum absolute atomic E-state index is 0.0290. The third-order valence-electron chi connectivity index (χ3n) is 3.25. The highest BCUT2D eigenvalue weighted by Crippen LogP contribution is 2.33. The molecule has 0 bridgehead atoms. The zero-order chi connectivity index (χ0) is 21.1. The molecule has 152 valence electrons. The number of nitrogens with one attached hydrogen (secondary N) is 2. The van der Waals surface area contributed by atoms with Crippen molar-refractivity contribution < 1.29 is 35.9 Å². The van der Waals surface area contributed by atoms with Crippen molar-refractivity contribution in [2.45, 2.75) is 12.4 Å². The van der Waals surface area contributed by atoms with E-state index in [-0.39, 0.29) is 10.7 Å². The van der Waals surface area contributed by atoms with E-state index in [4.69, 9.17) is 11.6 Å². The van der Waals surface area contributed by atoms with Gasteiger partial charge in [-0.2, -0.15) is 31.4 Å². The maximum atomic E-state index is 13.4. The summed E-state index contributed by atoms with van der Waals surface area (Å²) in [5.41, 5.74) is -2.34. The molecule has 0 aliphatic heterocycles. The Bertz CT molecular complexity index is 861. The van der Waals surface area contributed by atoms with Crippen LogP contribution in [-0.4, -0.2) is 40.9 Å². The summed E-state index contributed by atoms with van der Waals surface area (Å²) in [6.07, 6.45) is -9.01. The third-order valence-corrected chi connectivity index (χ3v) is 3.50. The number of hydrogen-bond donors (Lipinski definition) is 2. The summed E-state index contributed by atoms with van der Waals surface area (Å²) in [5, 5.41) is 7.12. The van der Waals surface area contributed by atoms with Crippen molar-refractivity contribution in [2.24, 2.45) is 0 Å². The normalized spacial score (nSPS) is 12.0. The highest BCUT2D eigenvalue weighted by atomic mass is 35.5. The summed E-state index contributed by atoms with van der Waals surface area (Å²) in [7, 11) is 0. The maximum absolute atomic E-state index is 13.4. The van der Waals surface area contributed by atoms with Crippen LogP contribution in [0, 0.1) is 0 Å². The molecule has 1 heterocycles. The highest BCUT2D eigenvalue weighted by Gasteiger charge is 2.40. The number of nitrogens with zero attached hydrogens (tertiary/aromatic N) is 2. The Morgan fingerprint density at radius 3 is 2.18 bits per heavy atom. The zero-order valence-corrected chi connectivity index (χ0v) is 14.4. The van der Waals surface area contributed by atoms with Crippen molar-refractivity contribution in [3.63, 3.8) is 0 Å². The van der Waals surface area contributed by atoms with Crippen molar-refractivity contribution in [3.05, 3.63) is 46.7 Å². The number of amides is 2. The second-order valence-electron chi connectivity index (χ2n) is 5.37. The van der Waals surface area contributed by atoms with Crippen LogP contribution in [0.4, 0.5) is 26.3 Å². The topological polar surface area (TPSA) is 76.0 Å². The van der Waals surface area contributed by atoms with Crippen molar-refractivity contribution in [3.8, 4) is 5.69 Å². The molecule has 2 amide bonds. The van der Waals surface area contributed by atoms with E-state index in [1.54, 1.807) is 0 Å². The number of rotatable bonds is 5. The minimum Gasteiger partial charge on any atom is -0.345 e. The fourth-order valence-electron chi connectivity index (χ4n) is 2.08. The van der Waals surface area contributed by atoms with Crippen LogP contribution in [0.1, 0.15) is 16.1 Å². The molecule has 0 radical (unpaired) electrons. The fraction of sp³-hybridized carbons (Fsp3) is 0.267. The lowest BCUT2D eigenvalue weighted by molar-refractivity contribution is -0.143. The predicted molar refractivity (Wildman–Crippen MR) is 85.0 cm³/mol. The van der Waals surface area contributed by atoms with Crippen molar-refractivity contribution >= 4 is 23.4 Å². The largest absolute Gasteiger partial charge is 0.434 e. The van der Waals surface area contributed by atoms with Gasteiger partial charge < -0.3 is 10.6 Å². The molecule has 0 atom stereocenters. The first-order valence-corrected chi connectivity index (χ1v) is 7.79. The first-order chi connectivity index (χ1) is 12.9. The van der Waals surface area contributed by atoms with Crippen LogP contribution < -0.4 is 10.6 Å². The molecule has 0 aliphatic rings. The van der Waals surface area contributed by atoms with Gasteiger partial charge in [-0.05, 0) is 24.3 Å². The molecule has 0 aliphatic carbocycles. The highest BCUT2D eigenvalue weighted by molar-refractivity contribution is 6.30. The molecule has 1 aromatic carbocycles. The number of aromatic nitrogens is 2. The minimum atomic E-state index is -4.98. The van der Waals surface area contributed by atoms with Crippen LogP contribution in [0.2, 0.25) is 5.02 Å².